The van der Waals surface area contributed by atoms with Gasteiger partial charge in [-0.15, -0.1) is 0 Å². The zero-order valence-electron chi connectivity index (χ0n) is 8.73. The minimum atomic E-state index is -0.0169. The van der Waals surface area contributed by atoms with Crippen molar-refractivity contribution in [2.45, 2.75) is 12.6 Å². The molecule has 14 heavy (non-hydrogen) atoms. The second-order valence-corrected chi connectivity index (χ2v) is 3.77. The van der Waals surface area contributed by atoms with Crippen LogP contribution in [0, 0.1) is 0 Å². The first-order valence-corrected chi connectivity index (χ1v) is 4.88. The Morgan fingerprint density at radius 3 is 3.07 bits per heavy atom. The van der Waals surface area contributed by atoms with E-state index in [-0.39, 0.29) is 6.04 Å². The lowest BCUT2D eigenvalue weighted by Crippen LogP contribution is -2.20. The summed E-state index contributed by atoms with van der Waals surface area (Å²) in [4.78, 5) is 2.24. The lowest BCUT2D eigenvalue weighted by atomic mass is 10.1. The molecule has 0 radical (unpaired) electrons. The van der Waals surface area contributed by atoms with Crippen LogP contribution in [0.5, 0.6) is 0 Å². The molecule has 1 aromatic heterocycles. The van der Waals surface area contributed by atoms with Crippen LogP contribution in [0.2, 0.25) is 0 Å². The van der Waals surface area contributed by atoms with Crippen molar-refractivity contribution < 1.29 is 4.74 Å². The lowest BCUT2D eigenvalue weighted by molar-refractivity contribution is 0.181. The number of hydrogen-bond acceptors (Lipinski definition) is 3. The monoisotopic (exact) mass is 195 g/mol. The van der Waals surface area contributed by atoms with E-state index in [0.29, 0.717) is 6.61 Å². The van der Waals surface area contributed by atoms with Gasteiger partial charge in [0.2, 0.25) is 0 Å². The molecule has 4 nitrogen and oxygen atoms in total. The fourth-order valence-corrected chi connectivity index (χ4v) is 2.02. The molecular formula is C10H17N3O. The molecule has 2 heterocycles. The fourth-order valence-electron chi connectivity index (χ4n) is 2.02. The highest BCUT2D eigenvalue weighted by Gasteiger charge is 2.22. The van der Waals surface area contributed by atoms with Gasteiger partial charge in [-0.25, -0.2) is 0 Å². The van der Waals surface area contributed by atoms with Crippen molar-refractivity contribution in [3.63, 3.8) is 0 Å². The van der Waals surface area contributed by atoms with Crippen LogP contribution in [0.1, 0.15) is 11.6 Å². The number of aromatic nitrogens is 1. The molecule has 4 heteroatoms. The first-order chi connectivity index (χ1) is 6.74. The Hall–Kier alpha value is -1.00. The van der Waals surface area contributed by atoms with E-state index < -0.39 is 0 Å². The van der Waals surface area contributed by atoms with Gasteiger partial charge in [-0.3, -0.25) is 0 Å². The van der Waals surface area contributed by atoms with Crippen molar-refractivity contribution in [2.75, 3.05) is 32.2 Å². The maximum absolute atomic E-state index is 6.02. The molecule has 1 atom stereocenters. The predicted molar refractivity (Wildman–Crippen MR) is 56.5 cm³/mol. The summed E-state index contributed by atoms with van der Waals surface area (Å²) in [6.45, 7) is 2.71. The Morgan fingerprint density at radius 2 is 2.36 bits per heavy atom. The number of methoxy groups -OCH3 is 1. The third kappa shape index (κ3) is 1.40. The van der Waals surface area contributed by atoms with Gasteiger partial charge in [0.1, 0.15) is 5.82 Å². The second-order valence-electron chi connectivity index (χ2n) is 3.77. The molecule has 1 aliphatic rings. The molecule has 1 aromatic rings. The van der Waals surface area contributed by atoms with Gasteiger partial charge < -0.3 is 19.9 Å². The molecule has 0 fully saturated rings. The molecule has 0 aromatic carbocycles. The Labute approximate surface area is 84.2 Å². The number of likely N-dealkylation sites (N-methyl/N-ethyl adjacent to an activating group) is 1. The smallest absolute Gasteiger partial charge is 0.113 e. The Balaban J connectivity index is 2.27. The average molecular weight is 195 g/mol. The van der Waals surface area contributed by atoms with Gasteiger partial charge in [0.25, 0.3) is 0 Å². The number of nitrogens with zero attached hydrogens (tertiary/aromatic N) is 2. The van der Waals surface area contributed by atoms with Gasteiger partial charge in [-0.1, -0.05) is 0 Å². The summed E-state index contributed by atoms with van der Waals surface area (Å²) in [7, 11) is 3.78. The lowest BCUT2D eigenvalue weighted by Gasteiger charge is -2.16. The number of ether oxygens (including phenoxy) is 1. The highest BCUT2D eigenvalue weighted by molar-refractivity contribution is 5.52. The molecular weight excluding hydrogens is 178 g/mol. The molecule has 0 bridgehead atoms. The summed E-state index contributed by atoms with van der Waals surface area (Å²) < 4.78 is 7.31. The fraction of sp³-hybridized carbons (Fsp3) is 0.600. The van der Waals surface area contributed by atoms with Gasteiger partial charge in [-0.05, 0) is 6.07 Å². The maximum atomic E-state index is 6.02. The van der Waals surface area contributed by atoms with E-state index in [1.807, 2.05) is 0 Å². The Bertz CT molecular complexity index is 321. The average Bonchev–Trinajstić information content (AvgIpc) is 2.70. The van der Waals surface area contributed by atoms with E-state index in [2.05, 4.69) is 28.8 Å². The van der Waals surface area contributed by atoms with Crippen LogP contribution in [0.25, 0.3) is 0 Å². The zero-order chi connectivity index (χ0) is 10.1. The van der Waals surface area contributed by atoms with Crippen molar-refractivity contribution in [1.29, 1.82) is 0 Å². The normalized spacial score (nSPS) is 17.2. The van der Waals surface area contributed by atoms with Crippen molar-refractivity contribution >= 4 is 5.82 Å². The van der Waals surface area contributed by atoms with Crippen molar-refractivity contribution in [3.8, 4) is 0 Å². The third-order valence-electron chi connectivity index (χ3n) is 2.75. The Morgan fingerprint density at radius 1 is 1.57 bits per heavy atom. The summed E-state index contributed by atoms with van der Waals surface area (Å²) in [6.07, 6.45) is 2.10. The summed E-state index contributed by atoms with van der Waals surface area (Å²) in [5, 5.41) is 0. The summed E-state index contributed by atoms with van der Waals surface area (Å²) in [5.74, 6) is 1.24. The number of fused-ring (bicyclic) bond motifs is 1. The number of hydrogen-bond donors (Lipinski definition) is 1. The maximum Gasteiger partial charge on any atom is 0.113 e. The second kappa shape index (κ2) is 3.63. The van der Waals surface area contributed by atoms with E-state index in [0.717, 1.165) is 13.1 Å². The largest absolute Gasteiger partial charge is 0.383 e. The minimum absolute atomic E-state index is 0.0169. The molecule has 1 aliphatic heterocycles. The molecule has 0 spiro atoms. The molecule has 78 valence electrons. The summed E-state index contributed by atoms with van der Waals surface area (Å²) >= 11 is 0. The van der Waals surface area contributed by atoms with Gasteiger partial charge in [0.15, 0.2) is 0 Å². The van der Waals surface area contributed by atoms with Crippen LogP contribution in [-0.2, 0) is 11.3 Å². The van der Waals surface area contributed by atoms with Crippen molar-refractivity contribution in [2.24, 2.45) is 5.73 Å². The molecule has 1 unspecified atom stereocenters. The van der Waals surface area contributed by atoms with Gasteiger partial charge in [-0.2, -0.15) is 0 Å². The van der Waals surface area contributed by atoms with Gasteiger partial charge in [0, 0.05) is 39.0 Å². The van der Waals surface area contributed by atoms with Crippen LogP contribution in [0.15, 0.2) is 12.3 Å². The van der Waals surface area contributed by atoms with Crippen LogP contribution < -0.4 is 10.6 Å². The van der Waals surface area contributed by atoms with Crippen LogP contribution in [-0.4, -0.2) is 31.9 Å². The van der Waals surface area contributed by atoms with E-state index in [4.69, 9.17) is 10.5 Å². The summed E-state index contributed by atoms with van der Waals surface area (Å²) in [5.41, 5.74) is 7.21. The highest BCUT2D eigenvalue weighted by Crippen LogP contribution is 2.29. The zero-order valence-corrected chi connectivity index (χ0v) is 8.73. The molecule has 0 saturated carbocycles. The molecule has 2 rings (SSSR count). The Kier molecular flexibility index (Phi) is 2.48. The molecule has 0 amide bonds. The topological polar surface area (TPSA) is 43.4 Å². The SMILES string of the molecule is COCC(N)c1ccn2c1N(C)CC2. The van der Waals surface area contributed by atoms with E-state index in [1.165, 1.54) is 11.4 Å². The quantitative estimate of drug-likeness (QED) is 0.767. The van der Waals surface area contributed by atoms with E-state index in [1.54, 1.807) is 7.11 Å². The standard InChI is InChI=1S/C10H17N3O/c1-12-5-6-13-4-3-8(10(12)13)9(11)7-14-2/h3-4,9H,5-7,11H2,1-2H3. The highest BCUT2D eigenvalue weighted by atomic mass is 16.5. The molecule has 0 aliphatic carbocycles. The third-order valence-corrected chi connectivity index (χ3v) is 2.75. The number of anilines is 1. The minimum Gasteiger partial charge on any atom is -0.383 e. The van der Waals surface area contributed by atoms with Crippen molar-refractivity contribution in [1.82, 2.24) is 4.57 Å². The molecule has 0 saturated heterocycles. The van der Waals surface area contributed by atoms with Crippen LogP contribution in [0.3, 0.4) is 0 Å². The summed E-state index contributed by atoms with van der Waals surface area (Å²) in [6, 6.07) is 2.08. The van der Waals surface area contributed by atoms with Crippen LogP contribution in [0.4, 0.5) is 5.82 Å². The molecule has 2 N–H and O–H groups in total. The van der Waals surface area contributed by atoms with Crippen LogP contribution >= 0.6 is 0 Å². The van der Waals surface area contributed by atoms with Gasteiger partial charge in [0.05, 0.1) is 12.6 Å². The van der Waals surface area contributed by atoms with E-state index in [9.17, 15) is 0 Å². The predicted octanol–water partition coefficient (Wildman–Crippen LogP) is 0.584. The number of nitrogens with two attached hydrogens (primary N) is 1. The van der Waals surface area contributed by atoms with E-state index >= 15 is 0 Å². The first kappa shape index (κ1) is 9.55. The number of rotatable bonds is 3. The van der Waals surface area contributed by atoms with Crippen molar-refractivity contribution in [3.05, 3.63) is 17.8 Å². The first-order valence-electron chi connectivity index (χ1n) is 4.88. The van der Waals surface area contributed by atoms with Gasteiger partial charge >= 0.3 is 0 Å².